The standard InChI is InChI=1S/C21H19NO3/c1-24-17-8-9-19(16-11-21(23)22-13-16)20(12-17)25-18-7-6-14-4-2-3-5-15(14)10-18/h2-10,12,16H,11,13H2,1H3,(H,22,23). The Morgan fingerprint density at radius 2 is 1.76 bits per heavy atom. The molecule has 0 aliphatic carbocycles. The van der Waals surface area contributed by atoms with Gasteiger partial charge < -0.3 is 14.8 Å². The smallest absolute Gasteiger partial charge is 0.220 e. The number of methoxy groups -OCH3 is 1. The van der Waals surface area contributed by atoms with Gasteiger partial charge in [-0.2, -0.15) is 0 Å². The first-order valence-electron chi connectivity index (χ1n) is 8.34. The number of fused-ring (bicyclic) bond motifs is 1. The summed E-state index contributed by atoms with van der Waals surface area (Å²) in [5.74, 6) is 2.43. The van der Waals surface area contributed by atoms with Crippen molar-refractivity contribution in [2.45, 2.75) is 12.3 Å². The Morgan fingerprint density at radius 1 is 0.960 bits per heavy atom. The van der Waals surface area contributed by atoms with Gasteiger partial charge >= 0.3 is 0 Å². The van der Waals surface area contributed by atoms with Gasteiger partial charge in [0, 0.05) is 30.5 Å². The Labute approximate surface area is 146 Å². The van der Waals surface area contributed by atoms with Gasteiger partial charge in [-0.05, 0) is 29.0 Å². The summed E-state index contributed by atoms with van der Waals surface area (Å²) in [7, 11) is 1.63. The maximum absolute atomic E-state index is 11.6. The van der Waals surface area contributed by atoms with Crippen LogP contribution in [0, 0.1) is 0 Å². The number of carbonyl (C=O) groups excluding carboxylic acids is 1. The van der Waals surface area contributed by atoms with Crippen LogP contribution in [-0.2, 0) is 4.79 Å². The van der Waals surface area contributed by atoms with Gasteiger partial charge in [-0.3, -0.25) is 4.79 Å². The molecule has 4 heteroatoms. The Balaban J connectivity index is 1.70. The first kappa shape index (κ1) is 15.5. The molecule has 126 valence electrons. The fourth-order valence-electron chi connectivity index (χ4n) is 3.25. The molecule has 3 aromatic carbocycles. The van der Waals surface area contributed by atoms with Gasteiger partial charge in [0.05, 0.1) is 7.11 Å². The zero-order valence-corrected chi connectivity index (χ0v) is 14.0. The second-order valence-electron chi connectivity index (χ2n) is 6.22. The summed E-state index contributed by atoms with van der Waals surface area (Å²) in [4.78, 5) is 11.6. The summed E-state index contributed by atoms with van der Waals surface area (Å²) in [5, 5.41) is 5.19. The third-order valence-electron chi connectivity index (χ3n) is 4.59. The van der Waals surface area contributed by atoms with Gasteiger partial charge in [-0.1, -0.05) is 36.4 Å². The molecule has 4 rings (SSSR count). The van der Waals surface area contributed by atoms with E-state index in [9.17, 15) is 4.79 Å². The van der Waals surface area contributed by atoms with Crippen molar-refractivity contribution in [1.82, 2.24) is 5.32 Å². The van der Waals surface area contributed by atoms with Gasteiger partial charge in [0.1, 0.15) is 17.2 Å². The Hall–Kier alpha value is -3.01. The highest BCUT2D eigenvalue weighted by molar-refractivity contribution is 5.84. The lowest BCUT2D eigenvalue weighted by Crippen LogP contribution is -2.13. The van der Waals surface area contributed by atoms with E-state index in [1.165, 1.54) is 5.39 Å². The Morgan fingerprint density at radius 3 is 2.52 bits per heavy atom. The van der Waals surface area contributed by atoms with Crippen LogP contribution >= 0.6 is 0 Å². The number of rotatable bonds is 4. The van der Waals surface area contributed by atoms with Crippen LogP contribution in [0.15, 0.2) is 60.7 Å². The first-order chi connectivity index (χ1) is 12.2. The molecule has 0 radical (unpaired) electrons. The molecule has 1 aliphatic rings. The first-order valence-corrected chi connectivity index (χ1v) is 8.34. The summed E-state index contributed by atoms with van der Waals surface area (Å²) >= 11 is 0. The third kappa shape index (κ3) is 3.15. The fourth-order valence-corrected chi connectivity index (χ4v) is 3.25. The number of hydrogen-bond acceptors (Lipinski definition) is 3. The van der Waals surface area contributed by atoms with E-state index in [1.807, 2.05) is 48.5 Å². The minimum absolute atomic E-state index is 0.0810. The monoisotopic (exact) mass is 333 g/mol. The zero-order chi connectivity index (χ0) is 17.2. The Bertz CT molecular complexity index is 935. The fraction of sp³-hybridized carbons (Fsp3) is 0.190. The molecule has 0 bridgehead atoms. The normalized spacial score (nSPS) is 16.7. The highest BCUT2D eigenvalue weighted by Gasteiger charge is 2.26. The average Bonchev–Trinajstić information content (AvgIpc) is 3.07. The van der Waals surface area contributed by atoms with Crippen LogP contribution in [0.3, 0.4) is 0 Å². The second kappa shape index (κ2) is 6.48. The van der Waals surface area contributed by atoms with Crippen LogP contribution in [0.4, 0.5) is 0 Å². The molecular formula is C21H19NO3. The van der Waals surface area contributed by atoms with Crippen LogP contribution < -0.4 is 14.8 Å². The molecular weight excluding hydrogens is 314 g/mol. The Kier molecular flexibility index (Phi) is 4.02. The molecule has 1 atom stereocenters. The van der Waals surface area contributed by atoms with E-state index >= 15 is 0 Å². The molecule has 25 heavy (non-hydrogen) atoms. The maximum atomic E-state index is 11.6. The van der Waals surface area contributed by atoms with E-state index in [-0.39, 0.29) is 11.8 Å². The molecule has 4 nitrogen and oxygen atoms in total. The van der Waals surface area contributed by atoms with Crippen LogP contribution in [0.5, 0.6) is 17.2 Å². The minimum atomic E-state index is 0.0810. The second-order valence-corrected chi connectivity index (χ2v) is 6.22. The van der Waals surface area contributed by atoms with E-state index < -0.39 is 0 Å². The van der Waals surface area contributed by atoms with Gasteiger partial charge in [-0.15, -0.1) is 0 Å². The lowest BCUT2D eigenvalue weighted by atomic mass is 9.97. The highest BCUT2D eigenvalue weighted by atomic mass is 16.5. The molecule has 0 saturated carbocycles. The molecule has 1 unspecified atom stereocenters. The summed E-state index contributed by atoms with van der Waals surface area (Å²) in [6, 6.07) is 20.0. The summed E-state index contributed by atoms with van der Waals surface area (Å²) in [6.07, 6.45) is 0.487. The SMILES string of the molecule is COc1ccc(C2CNC(=O)C2)c(Oc2ccc3ccccc3c2)c1. The van der Waals surface area contributed by atoms with E-state index in [1.54, 1.807) is 7.11 Å². The number of nitrogens with one attached hydrogen (secondary N) is 1. The predicted molar refractivity (Wildman–Crippen MR) is 97.4 cm³/mol. The topological polar surface area (TPSA) is 47.6 Å². The molecule has 1 aliphatic heterocycles. The molecule has 3 aromatic rings. The zero-order valence-electron chi connectivity index (χ0n) is 14.0. The lowest BCUT2D eigenvalue weighted by molar-refractivity contribution is -0.119. The van der Waals surface area contributed by atoms with Crippen LogP contribution in [0.1, 0.15) is 17.9 Å². The summed E-state index contributed by atoms with van der Waals surface area (Å²) < 4.78 is 11.5. The average molecular weight is 333 g/mol. The highest BCUT2D eigenvalue weighted by Crippen LogP contribution is 2.37. The van der Waals surface area contributed by atoms with Crippen molar-refractivity contribution in [1.29, 1.82) is 0 Å². The van der Waals surface area contributed by atoms with Crippen LogP contribution in [0.2, 0.25) is 0 Å². The van der Waals surface area contributed by atoms with Crippen molar-refractivity contribution >= 4 is 16.7 Å². The number of carbonyl (C=O) groups is 1. The molecule has 1 N–H and O–H groups in total. The van der Waals surface area contributed by atoms with E-state index in [2.05, 4.69) is 17.4 Å². The van der Waals surface area contributed by atoms with Gasteiger partial charge in [-0.25, -0.2) is 0 Å². The number of hydrogen-bond donors (Lipinski definition) is 1. The molecule has 1 fully saturated rings. The van der Waals surface area contributed by atoms with Gasteiger partial charge in [0.2, 0.25) is 5.91 Å². The summed E-state index contributed by atoms with van der Waals surface area (Å²) in [6.45, 7) is 0.638. The molecule has 0 aromatic heterocycles. The lowest BCUT2D eigenvalue weighted by Gasteiger charge is -2.16. The van der Waals surface area contributed by atoms with E-state index in [4.69, 9.17) is 9.47 Å². The van der Waals surface area contributed by atoms with Crippen molar-refractivity contribution in [3.63, 3.8) is 0 Å². The number of benzene rings is 3. The number of amides is 1. The van der Waals surface area contributed by atoms with Crippen molar-refractivity contribution in [2.75, 3.05) is 13.7 Å². The van der Waals surface area contributed by atoms with Crippen molar-refractivity contribution < 1.29 is 14.3 Å². The molecule has 1 saturated heterocycles. The number of ether oxygens (including phenoxy) is 2. The van der Waals surface area contributed by atoms with Crippen molar-refractivity contribution in [3.8, 4) is 17.2 Å². The van der Waals surface area contributed by atoms with Gasteiger partial charge in [0.15, 0.2) is 0 Å². The van der Waals surface area contributed by atoms with E-state index in [0.29, 0.717) is 13.0 Å². The van der Waals surface area contributed by atoms with E-state index in [0.717, 1.165) is 28.2 Å². The molecule has 0 spiro atoms. The van der Waals surface area contributed by atoms with Crippen LogP contribution in [0.25, 0.3) is 10.8 Å². The minimum Gasteiger partial charge on any atom is -0.497 e. The van der Waals surface area contributed by atoms with Crippen molar-refractivity contribution in [2.24, 2.45) is 0 Å². The summed E-state index contributed by atoms with van der Waals surface area (Å²) in [5.41, 5.74) is 1.02. The molecule has 1 amide bonds. The quantitative estimate of drug-likeness (QED) is 0.777. The largest absolute Gasteiger partial charge is 0.497 e. The van der Waals surface area contributed by atoms with Crippen molar-refractivity contribution in [3.05, 3.63) is 66.2 Å². The van der Waals surface area contributed by atoms with Gasteiger partial charge in [0.25, 0.3) is 0 Å². The maximum Gasteiger partial charge on any atom is 0.220 e. The van der Waals surface area contributed by atoms with Crippen LogP contribution in [-0.4, -0.2) is 19.6 Å². The molecule has 1 heterocycles. The third-order valence-corrected chi connectivity index (χ3v) is 4.59. The predicted octanol–water partition coefficient (Wildman–Crippen LogP) is 4.24.